The van der Waals surface area contributed by atoms with E-state index in [1.807, 2.05) is 66.7 Å². The zero-order valence-corrected chi connectivity index (χ0v) is 14.4. The van der Waals surface area contributed by atoms with E-state index in [4.69, 9.17) is 15.2 Å². The zero-order valence-electron chi connectivity index (χ0n) is 14.4. The maximum Gasteiger partial charge on any atom is 0.162 e. The van der Waals surface area contributed by atoms with Gasteiger partial charge in [-0.25, -0.2) is 4.98 Å². The highest BCUT2D eigenvalue weighted by Crippen LogP contribution is 2.33. The minimum absolute atomic E-state index is 0.470. The lowest BCUT2D eigenvalue weighted by Gasteiger charge is -2.12. The molecular weight excluding hydrogens is 326 g/mol. The van der Waals surface area contributed by atoms with E-state index in [0.29, 0.717) is 23.8 Å². The molecule has 26 heavy (non-hydrogen) atoms. The fourth-order valence-corrected chi connectivity index (χ4v) is 2.84. The molecule has 0 aliphatic rings. The Morgan fingerprint density at radius 2 is 1.81 bits per heavy atom. The average Bonchev–Trinajstić information content (AvgIpc) is 3.10. The molecule has 0 aliphatic heterocycles. The fraction of sp³-hybridized carbons (Fsp3) is 0.0952. The van der Waals surface area contributed by atoms with Crippen molar-refractivity contribution in [3.05, 3.63) is 72.3 Å². The van der Waals surface area contributed by atoms with Gasteiger partial charge in [-0.2, -0.15) is 0 Å². The van der Waals surface area contributed by atoms with Crippen LogP contribution in [-0.2, 0) is 6.61 Å². The van der Waals surface area contributed by atoms with E-state index >= 15 is 0 Å². The second kappa shape index (κ2) is 6.80. The molecule has 5 heteroatoms. The molecule has 4 aromatic rings. The number of aromatic nitrogens is 2. The number of hydrogen-bond donors (Lipinski definition) is 2. The van der Waals surface area contributed by atoms with Crippen molar-refractivity contribution in [2.75, 3.05) is 12.8 Å². The van der Waals surface area contributed by atoms with Gasteiger partial charge >= 0.3 is 0 Å². The number of fused-ring (bicyclic) bond motifs is 1. The Bertz CT molecular complexity index is 1040. The van der Waals surface area contributed by atoms with Gasteiger partial charge in [-0.3, -0.25) is 0 Å². The molecule has 130 valence electrons. The van der Waals surface area contributed by atoms with Crippen LogP contribution in [0.15, 0.2) is 66.7 Å². The largest absolute Gasteiger partial charge is 0.493 e. The van der Waals surface area contributed by atoms with Gasteiger partial charge in [-0.05, 0) is 42.0 Å². The van der Waals surface area contributed by atoms with E-state index in [1.54, 1.807) is 7.11 Å². The van der Waals surface area contributed by atoms with Crippen LogP contribution in [0.5, 0.6) is 11.5 Å². The fourth-order valence-electron chi connectivity index (χ4n) is 2.84. The number of rotatable bonds is 5. The standard InChI is InChI=1S/C21H19N3O2/c1-25-19-10-7-15(11-20(19)26-13-14-5-3-2-4-6-14)21-23-17-9-8-16(22)12-18(17)24-21/h2-12H,13,22H2,1H3,(H,23,24). The highest BCUT2D eigenvalue weighted by Gasteiger charge is 2.11. The number of benzene rings is 3. The van der Waals surface area contributed by atoms with Crippen molar-refractivity contribution >= 4 is 16.7 Å². The van der Waals surface area contributed by atoms with Crippen LogP contribution in [-0.4, -0.2) is 17.1 Å². The Kier molecular flexibility index (Phi) is 4.19. The van der Waals surface area contributed by atoms with Crippen molar-refractivity contribution in [1.82, 2.24) is 9.97 Å². The molecule has 0 saturated carbocycles. The molecule has 4 rings (SSSR count). The summed E-state index contributed by atoms with van der Waals surface area (Å²) in [5, 5.41) is 0. The summed E-state index contributed by atoms with van der Waals surface area (Å²) in [6.07, 6.45) is 0. The van der Waals surface area contributed by atoms with Gasteiger partial charge < -0.3 is 20.2 Å². The molecular formula is C21H19N3O2. The third kappa shape index (κ3) is 3.19. The minimum atomic E-state index is 0.470. The number of anilines is 1. The van der Waals surface area contributed by atoms with Crippen molar-refractivity contribution in [3.8, 4) is 22.9 Å². The predicted molar refractivity (Wildman–Crippen MR) is 103 cm³/mol. The second-order valence-corrected chi connectivity index (χ2v) is 6.00. The van der Waals surface area contributed by atoms with Crippen LogP contribution in [0.4, 0.5) is 5.69 Å². The van der Waals surface area contributed by atoms with Gasteiger partial charge in [-0.1, -0.05) is 30.3 Å². The Morgan fingerprint density at radius 1 is 0.962 bits per heavy atom. The van der Waals surface area contributed by atoms with Gasteiger partial charge in [0.15, 0.2) is 11.5 Å². The topological polar surface area (TPSA) is 73.2 Å². The molecule has 0 bridgehead atoms. The highest BCUT2D eigenvalue weighted by molar-refractivity contribution is 5.82. The highest BCUT2D eigenvalue weighted by atomic mass is 16.5. The Labute approximate surface area is 151 Å². The number of nitrogens with zero attached hydrogens (tertiary/aromatic N) is 1. The number of nitrogens with two attached hydrogens (primary N) is 1. The smallest absolute Gasteiger partial charge is 0.162 e. The lowest BCUT2D eigenvalue weighted by Crippen LogP contribution is -1.98. The normalized spacial score (nSPS) is 10.8. The number of nitrogens with one attached hydrogen (secondary N) is 1. The van der Waals surface area contributed by atoms with Crippen molar-refractivity contribution in [3.63, 3.8) is 0 Å². The SMILES string of the molecule is COc1ccc(-c2nc3ccc(N)cc3[nH]2)cc1OCc1ccccc1. The molecule has 3 aromatic carbocycles. The summed E-state index contributed by atoms with van der Waals surface area (Å²) in [6, 6.07) is 21.4. The summed E-state index contributed by atoms with van der Waals surface area (Å²) < 4.78 is 11.4. The quantitative estimate of drug-likeness (QED) is 0.526. The van der Waals surface area contributed by atoms with E-state index < -0.39 is 0 Å². The summed E-state index contributed by atoms with van der Waals surface area (Å²) in [6.45, 7) is 0.470. The maximum atomic E-state index is 5.98. The number of ether oxygens (including phenoxy) is 2. The van der Waals surface area contributed by atoms with Crippen LogP contribution >= 0.6 is 0 Å². The molecule has 1 aromatic heterocycles. The van der Waals surface area contributed by atoms with Crippen LogP contribution in [0, 0.1) is 0 Å². The van der Waals surface area contributed by atoms with E-state index in [-0.39, 0.29) is 0 Å². The van der Waals surface area contributed by atoms with Gasteiger partial charge in [0.25, 0.3) is 0 Å². The van der Waals surface area contributed by atoms with Crippen LogP contribution < -0.4 is 15.2 Å². The molecule has 1 heterocycles. The maximum absolute atomic E-state index is 5.98. The number of nitrogen functional groups attached to an aromatic ring is 1. The summed E-state index contributed by atoms with van der Waals surface area (Å²) in [7, 11) is 1.63. The lowest BCUT2D eigenvalue weighted by atomic mass is 10.2. The molecule has 0 amide bonds. The molecule has 0 spiro atoms. The molecule has 0 aliphatic carbocycles. The van der Waals surface area contributed by atoms with Crippen LogP contribution in [0.1, 0.15) is 5.56 Å². The second-order valence-electron chi connectivity index (χ2n) is 6.00. The monoisotopic (exact) mass is 345 g/mol. The van der Waals surface area contributed by atoms with E-state index in [9.17, 15) is 0 Å². The average molecular weight is 345 g/mol. The molecule has 0 saturated heterocycles. The summed E-state index contributed by atoms with van der Waals surface area (Å²) >= 11 is 0. The minimum Gasteiger partial charge on any atom is -0.493 e. The molecule has 0 fully saturated rings. The molecule has 3 N–H and O–H groups in total. The van der Waals surface area contributed by atoms with Gasteiger partial charge in [0.2, 0.25) is 0 Å². The van der Waals surface area contributed by atoms with E-state index in [2.05, 4.69) is 9.97 Å². The first-order valence-electron chi connectivity index (χ1n) is 8.33. The Balaban J connectivity index is 1.66. The number of hydrogen-bond acceptors (Lipinski definition) is 4. The number of H-pyrrole nitrogens is 1. The molecule has 0 unspecified atom stereocenters. The third-order valence-corrected chi connectivity index (χ3v) is 4.18. The Hall–Kier alpha value is -3.47. The van der Waals surface area contributed by atoms with Crippen molar-refractivity contribution < 1.29 is 9.47 Å². The third-order valence-electron chi connectivity index (χ3n) is 4.18. The number of methoxy groups -OCH3 is 1. The van der Waals surface area contributed by atoms with Gasteiger partial charge in [0.1, 0.15) is 12.4 Å². The molecule has 5 nitrogen and oxygen atoms in total. The zero-order chi connectivity index (χ0) is 17.9. The van der Waals surface area contributed by atoms with E-state index in [1.165, 1.54) is 0 Å². The first kappa shape index (κ1) is 16.0. The first-order valence-corrected chi connectivity index (χ1v) is 8.33. The predicted octanol–water partition coefficient (Wildman–Crippen LogP) is 4.40. The van der Waals surface area contributed by atoms with Crippen molar-refractivity contribution in [2.45, 2.75) is 6.61 Å². The summed E-state index contributed by atoms with van der Waals surface area (Å²) in [5.41, 5.74) is 10.3. The number of imidazole rings is 1. The van der Waals surface area contributed by atoms with Crippen LogP contribution in [0.3, 0.4) is 0 Å². The first-order chi connectivity index (χ1) is 12.7. The summed E-state index contributed by atoms with van der Waals surface area (Å²) in [4.78, 5) is 7.94. The van der Waals surface area contributed by atoms with Gasteiger partial charge in [0.05, 0.1) is 18.1 Å². The van der Waals surface area contributed by atoms with Gasteiger partial charge in [-0.15, -0.1) is 0 Å². The molecule has 0 atom stereocenters. The van der Waals surface area contributed by atoms with Crippen molar-refractivity contribution in [2.24, 2.45) is 0 Å². The van der Waals surface area contributed by atoms with Crippen LogP contribution in [0.2, 0.25) is 0 Å². The van der Waals surface area contributed by atoms with Crippen molar-refractivity contribution in [1.29, 1.82) is 0 Å². The van der Waals surface area contributed by atoms with E-state index in [0.717, 1.165) is 28.0 Å². The molecule has 0 radical (unpaired) electrons. The van der Waals surface area contributed by atoms with Crippen LogP contribution in [0.25, 0.3) is 22.4 Å². The summed E-state index contributed by atoms with van der Waals surface area (Å²) in [5.74, 6) is 2.12. The van der Waals surface area contributed by atoms with Gasteiger partial charge in [0, 0.05) is 11.3 Å². The lowest BCUT2D eigenvalue weighted by molar-refractivity contribution is 0.284. The number of aromatic amines is 1. The Morgan fingerprint density at radius 3 is 2.62 bits per heavy atom.